The Morgan fingerprint density at radius 2 is 1.57 bits per heavy atom. The molecule has 2 nitrogen and oxygen atoms in total. The van der Waals surface area contributed by atoms with Crippen molar-refractivity contribution < 1.29 is 8.85 Å². The Balaban J connectivity index is 3.36. The molecule has 0 aromatic rings. The van der Waals surface area contributed by atoms with Crippen LogP contribution in [0.3, 0.4) is 0 Å². The van der Waals surface area contributed by atoms with E-state index in [2.05, 4.69) is 21.8 Å². The second-order valence-corrected chi connectivity index (χ2v) is 9.61. The highest BCUT2D eigenvalue weighted by Crippen LogP contribution is 2.11. The molecule has 4 heteroatoms. The summed E-state index contributed by atoms with van der Waals surface area (Å²) < 4.78 is 9.98. The summed E-state index contributed by atoms with van der Waals surface area (Å²) in [7, 11) is 3.34. The molecule has 0 bridgehead atoms. The Labute approximate surface area is 57.7 Å². The lowest BCUT2D eigenvalue weighted by molar-refractivity contribution is 0.280. The van der Waals surface area contributed by atoms with Gasteiger partial charge in [-0.05, 0) is 28.3 Å². The summed E-state index contributed by atoms with van der Waals surface area (Å²) >= 11 is 2.20. The van der Waals surface area contributed by atoms with Crippen molar-refractivity contribution in [3.63, 3.8) is 0 Å². The molecule has 0 fully saturated rings. The van der Waals surface area contributed by atoms with Gasteiger partial charge in [0.1, 0.15) is 0 Å². The molecule has 0 saturated carbocycles. The van der Waals surface area contributed by atoms with Gasteiger partial charge < -0.3 is 8.85 Å². The molecule has 0 rings (SSSR count). The molecule has 7 heavy (non-hydrogen) atoms. The van der Waals surface area contributed by atoms with Gasteiger partial charge >= 0.3 is 6.06 Å². The van der Waals surface area contributed by atoms with Crippen LogP contribution >= 0.6 is 21.8 Å². The van der Waals surface area contributed by atoms with E-state index >= 15 is 0 Å². The zero-order valence-corrected chi connectivity index (χ0v) is 7.85. The zero-order valence-electron chi connectivity index (χ0n) is 4.69. The predicted molar refractivity (Wildman–Crippen MR) is 39.7 cm³/mol. The highest BCUT2D eigenvalue weighted by molar-refractivity contribution is 14.1. The van der Waals surface area contributed by atoms with Crippen LogP contribution in [0.4, 0.5) is 0 Å². The van der Waals surface area contributed by atoms with Gasteiger partial charge in [-0.1, -0.05) is 0 Å². The summed E-state index contributed by atoms with van der Waals surface area (Å²) in [5.41, 5.74) is 0. The van der Waals surface area contributed by atoms with Gasteiger partial charge in [0.25, 0.3) is 0 Å². The van der Waals surface area contributed by atoms with Crippen LogP contribution in [0, 0.1) is 0 Å². The highest BCUT2D eigenvalue weighted by atomic mass is 127. The Bertz CT molecular complexity index is 50.9. The summed E-state index contributed by atoms with van der Waals surface area (Å²) in [6.07, 6.45) is 0. The molecule has 0 saturated heterocycles. The minimum atomic E-state index is -1.68. The number of halogens is 1. The van der Waals surface area contributed by atoms with E-state index in [1.54, 1.807) is 14.2 Å². The number of hydrogen-bond donors (Lipinski definition) is 0. The van der Waals surface area contributed by atoms with Crippen molar-refractivity contribution in [1.29, 1.82) is 0 Å². The molecule has 0 aliphatic carbocycles. The molecule has 0 atom stereocenters. The fraction of sp³-hybridized carbons (Fsp3) is 1.00. The van der Waals surface area contributed by atoms with Crippen molar-refractivity contribution in [2.24, 2.45) is 0 Å². The minimum Gasteiger partial charge on any atom is -0.391 e. The number of hydrogen-bond acceptors (Lipinski definition) is 2. The van der Waals surface area contributed by atoms with Crippen molar-refractivity contribution >= 4 is 27.9 Å². The largest absolute Gasteiger partial charge is 0.404 e. The van der Waals surface area contributed by atoms with E-state index in [1.165, 1.54) is 0 Å². The highest BCUT2D eigenvalue weighted by Gasteiger charge is 2.22. The summed E-state index contributed by atoms with van der Waals surface area (Å²) in [6.45, 7) is 1.98. The van der Waals surface area contributed by atoms with Gasteiger partial charge in [0, 0.05) is 14.2 Å². The lowest BCUT2D eigenvalue weighted by Crippen LogP contribution is -2.27. The molecule has 0 aliphatic rings. The molecule has 0 radical (unpaired) electrons. The lowest BCUT2D eigenvalue weighted by atomic mass is 11.8. The predicted octanol–water partition coefficient (Wildman–Crippen LogP) is 1.28. The SMILES string of the molecule is CO[Si](C)(I)OC. The van der Waals surface area contributed by atoms with Crippen LogP contribution in [-0.4, -0.2) is 20.3 Å². The Hall–Kier alpha value is 0.867. The first kappa shape index (κ1) is 7.87. The third kappa shape index (κ3) is 3.45. The molecule has 44 valence electrons. The summed E-state index contributed by atoms with van der Waals surface area (Å²) in [5, 5.41) is 0. The molecule has 0 amide bonds. The fourth-order valence-electron chi connectivity index (χ4n) is 0.0833. The Morgan fingerprint density at radius 1 is 1.29 bits per heavy atom. The molecular formula is C3H9IO2Si. The van der Waals surface area contributed by atoms with E-state index in [0.29, 0.717) is 0 Å². The van der Waals surface area contributed by atoms with Gasteiger partial charge in [-0.2, -0.15) is 0 Å². The third-order valence-corrected chi connectivity index (χ3v) is 4.83. The second kappa shape index (κ2) is 3.01. The van der Waals surface area contributed by atoms with Gasteiger partial charge in [0.15, 0.2) is 0 Å². The van der Waals surface area contributed by atoms with Crippen LogP contribution < -0.4 is 0 Å². The van der Waals surface area contributed by atoms with Gasteiger partial charge in [0.2, 0.25) is 0 Å². The molecule has 0 spiro atoms. The van der Waals surface area contributed by atoms with E-state index in [9.17, 15) is 0 Å². The first-order valence-electron chi connectivity index (χ1n) is 1.91. The van der Waals surface area contributed by atoms with Crippen molar-refractivity contribution in [3.05, 3.63) is 0 Å². The van der Waals surface area contributed by atoms with Gasteiger partial charge in [0.05, 0.1) is 0 Å². The second-order valence-electron chi connectivity index (χ2n) is 1.24. The zero-order chi connectivity index (χ0) is 5.91. The quantitative estimate of drug-likeness (QED) is 0.405. The van der Waals surface area contributed by atoms with Gasteiger partial charge in [-0.15, -0.1) is 0 Å². The van der Waals surface area contributed by atoms with E-state index in [4.69, 9.17) is 8.85 Å². The molecule has 0 N–H and O–H groups in total. The van der Waals surface area contributed by atoms with E-state index < -0.39 is 6.06 Å². The van der Waals surface area contributed by atoms with E-state index in [0.717, 1.165) is 0 Å². The van der Waals surface area contributed by atoms with Crippen LogP contribution in [0.2, 0.25) is 6.55 Å². The van der Waals surface area contributed by atoms with Crippen LogP contribution in [0.25, 0.3) is 0 Å². The normalized spacial score (nSPS) is 12.0. The Kier molecular flexibility index (Phi) is 3.38. The smallest absolute Gasteiger partial charge is 0.391 e. The van der Waals surface area contributed by atoms with E-state index in [-0.39, 0.29) is 0 Å². The van der Waals surface area contributed by atoms with Crippen LogP contribution in [0.15, 0.2) is 0 Å². The molecule has 0 aliphatic heterocycles. The van der Waals surface area contributed by atoms with Crippen molar-refractivity contribution in [3.8, 4) is 0 Å². The first-order valence-corrected chi connectivity index (χ1v) is 7.34. The molecule has 0 aromatic heterocycles. The van der Waals surface area contributed by atoms with Gasteiger partial charge in [-0.25, -0.2) is 0 Å². The molecule has 0 heterocycles. The van der Waals surface area contributed by atoms with Crippen molar-refractivity contribution in [1.82, 2.24) is 0 Å². The maximum atomic E-state index is 4.99. The third-order valence-electron chi connectivity index (χ3n) is 0.729. The van der Waals surface area contributed by atoms with E-state index in [1.807, 2.05) is 6.55 Å². The standard InChI is InChI=1S/C3H9IO2Si/c1-5-7(3,4)6-2/h1-3H3. The van der Waals surface area contributed by atoms with Crippen LogP contribution in [0.5, 0.6) is 0 Å². The molecule has 0 aromatic carbocycles. The average molecular weight is 232 g/mol. The minimum absolute atomic E-state index is 1.67. The summed E-state index contributed by atoms with van der Waals surface area (Å²) in [5.74, 6) is 0. The first-order chi connectivity index (χ1) is 3.12. The Morgan fingerprint density at radius 3 is 1.57 bits per heavy atom. The summed E-state index contributed by atoms with van der Waals surface area (Å²) in [6, 6.07) is -1.68. The maximum absolute atomic E-state index is 4.99. The van der Waals surface area contributed by atoms with Crippen LogP contribution in [0.1, 0.15) is 0 Å². The monoisotopic (exact) mass is 232 g/mol. The maximum Gasteiger partial charge on any atom is 0.404 e. The topological polar surface area (TPSA) is 18.5 Å². The van der Waals surface area contributed by atoms with Gasteiger partial charge in [-0.3, -0.25) is 0 Å². The van der Waals surface area contributed by atoms with Crippen molar-refractivity contribution in [2.75, 3.05) is 14.2 Å². The molecule has 0 unspecified atom stereocenters. The van der Waals surface area contributed by atoms with Crippen LogP contribution in [-0.2, 0) is 8.85 Å². The number of rotatable bonds is 2. The average Bonchev–Trinajstić information content (AvgIpc) is 1.68. The lowest BCUT2D eigenvalue weighted by Gasteiger charge is -2.12. The molecular weight excluding hydrogens is 223 g/mol. The fourth-order valence-corrected chi connectivity index (χ4v) is 0.250. The van der Waals surface area contributed by atoms with Crippen molar-refractivity contribution in [2.45, 2.75) is 6.55 Å². The summed E-state index contributed by atoms with van der Waals surface area (Å²) in [4.78, 5) is 0.